The predicted octanol–water partition coefficient (Wildman–Crippen LogP) is -0.241. The summed E-state index contributed by atoms with van der Waals surface area (Å²) in [5.74, 6) is 0.217. The summed E-state index contributed by atoms with van der Waals surface area (Å²) in [7, 11) is 5.50. The van der Waals surface area contributed by atoms with Crippen molar-refractivity contribution in [2.75, 3.05) is 6.61 Å². The monoisotopic (exact) mass is 200 g/mol. The first-order chi connectivity index (χ1) is 5.74. The van der Waals surface area contributed by atoms with Gasteiger partial charge in [-0.2, -0.15) is 0 Å². The van der Waals surface area contributed by atoms with E-state index in [1.807, 2.05) is 6.92 Å². The molecule has 3 nitrogen and oxygen atoms in total. The molecule has 1 aromatic carbocycles. The zero-order valence-corrected chi connectivity index (χ0v) is 8.01. The summed E-state index contributed by atoms with van der Waals surface area (Å²) in [4.78, 5) is 0. The first-order valence-corrected chi connectivity index (χ1v) is 3.92. The van der Waals surface area contributed by atoms with Gasteiger partial charge in [0.05, 0.1) is 6.61 Å². The van der Waals surface area contributed by atoms with Crippen molar-refractivity contribution in [2.24, 2.45) is 0 Å². The Labute approximate surface area is 83.9 Å². The van der Waals surface area contributed by atoms with Crippen LogP contribution >= 0.6 is 0 Å². The first kappa shape index (κ1) is 15.4. The molecular formula is C9H14BFO3. The van der Waals surface area contributed by atoms with Crippen LogP contribution in [0.15, 0.2) is 18.2 Å². The number of rotatable bonds is 3. The highest BCUT2D eigenvalue weighted by atomic mass is 19.1. The van der Waals surface area contributed by atoms with Gasteiger partial charge in [0.2, 0.25) is 0 Å². The minimum Gasteiger partial charge on any atom is -0.494 e. The van der Waals surface area contributed by atoms with Crippen molar-refractivity contribution in [1.29, 1.82) is 0 Å². The van der Waals surface area contributed by atoms with E-state index in [0.29, 0.717) is 17.8 Å². The Morgan fingerprint density at radius 1 is 1.36 bits per heavy atom. The fraction of sp³-hybridized carbons (Fsp3) is 0.333. The minimum absolute atomic E-state index is 0. The van der Waals surface area contributed by atoms with Crippen LogP contribution in [-0.2, 0) is 0 Å². The Balaban J connectivity index is 0. The molecule has 0 saturated heterocycles. The van der Waals surface area contributed by atoms with E-state index in [1.54, 1.807) is 6.07 Å². The summed E-state index contributed by atoms with van der Waals surface area (Å²) in [5.41, 5.74) is 0.350. The second kappa shape index (κ2) is 7.35. The molecule has 1 rings (SSSR count). The van der Waals surface area contributed by atoms with Crippen molar-refractivity contribution < 1.29 is 20.1 Å². The second-order valence-electron chi connectivity index (χ2n) is 2.53. The second-order valence-corrected chi connectivity index (χ2v) is 2.53. The first-order valence-electron chi connectivity index (χ1n) is 3.92. The van der Waals surface area contributed by atoms with Crippen LogP contribution in [0.4, 0.5) is 4.39 Å². The van der Waals surface area contributed by atoms with E-state index in [4.69, 9.17) is 12.6 Å². The average Bonchev–Trinajstić information content (AvgIpc) is 2.03. The fourth-order valence-electron chi connectivity index (χ4n) is 0.863. The molecule has 1 aromatic rings. The Hall–Kier alpha value is -1.07. The topological polar surface area (TPSA) is 72.2 Å². The molecule has 0 heterocycles. The number of ether oxygens (including phenoxy) is 1. The van der Waals surface area contributed by atoms with Gasteiger partial charge in [0.25, 0.3) is 0 Å². The van der Waals surface area contributed by atoms with Crippen molar-refractivity contribution in [3.05, 3.63) is 24.0 Å². The lowest BCUT2D eigenvalue weighted by Gasteiger charge is -2.07. The predicted molar refractivity (Wildman–Crippen MR) is 54.8 cm³/mol. The Morgan fingerprint density at radius 3 is 2.50 bits per heavy atom. The molecule has 78 valence electrons. The lowest BCUT2D eigenvalue weighted by molar-refractivity contribution is 0.319. The molecule has 0 aliphatic rings. The zero-order chi connectivity index (χ0) is 8.97. The van der Waals surface area contributed by atoms with Gasteiger partial charge in [-0.25, -0.2) is 4.39 Å². The quantitative estimate of drug-likeness (QED) is 0.620. The summed E-state index contributed by atoms with van der Waals surface area (Å²) in [6.45, 7) is 2.61. The summed E-state index contributed by atoms with van der Waals surface area (Å²) in [6.07, 6.45) is 0.914. The number of halogens is 1. The van der Waals surface area contributed by atoms with Crippen LogP contribution in [0, 0.1) is 5.82 Å². The third-order valence-corrected chi connectivity index (χ3v) is 1.43. The van der Waals surface area contributed by atoms with Crippen molar-refractivity contribution >= 4 is 13.3 Å². The molecule has 4 N–H and O–H groups in total. The van der Waals surface area contributed by atoms with Crippen LogP contribution in [0.25, 0.3) is 0 Å². The molecule has 0 aliphatic carbocycles. The van der Waals surface area contributed by atoms with Gasteiger partial charge in [-0.05, 0) is 24.6 Å². The van der Waals surface area contributed by atoms with Crippen LogP contribution in [0.1, 0.15) is 13.3 Å². The van der Waals surface area contributed by atoms with Crippen molar-refractivity contribution in [3.8, 4) is 5.75 Å². The summed E-state index contributed by atoms with van der Waals surface area (Å²) in [5, 5.41) is 0. The van der Waals surface area contributed by atoms with E-state index >= 15 is 0 Å². The van der Waals surface area contributed by atoms with E-state index < -0.39 is 0 Å². The highest BCUT2D eigenvalue weighted by molar-refractivity contribution is 6.34. The van der Waals surface area contributed by atoms with Crippen molar-refractivity contribution in [2.45, 2.75) is 13.3 Å². The Kier molecular flexibility index (Phi) is 8.09. The summed E-state index contributed by atoms with van der Waals surface area (Å²) >= 11 is 0. The van der Waals surface area contributed by atoms with Crippen molar-refractivity contribution in [3.63, 3.8) is 0 Å². The maximum atomic E-state index is 12.5. The van der Waals surface area contributed by atoms with Crippen LogP contribution in [0.2, 0.25) is 0 Å². The molecular weight excluding hydrogens is 186 g/mol. The highest BCUT2D eigenvalue weighted by Gasteiger charge is 1.98. The Bertz CT molecular complexity index is 268. The molecule has 0 amide bonds. The third kappa shape index (κ3) is 4.25. The van der Waals surface area contributed by atoms with Gasteiger partial charge in [0.1, 0.15) is 19.4 Å². The average molecular weight is 200 g/mol. The van der Waals surface area contributed by atoms with E-state index in [1.165, 1.54) is 12.1 Å². The molecule has 0 fully saturated rings. The SMILES string of the molecule is O.O.[B]c1cc(F)ccc1OCCC. The van der Waals surface area contributed by atoms with Gasteiger partial charge in [-0.15, -0.1) is 0 Å². The standard InChI is InChI=1S/C9H10BFO.2H2O/c1-2-5-12-9-4-3-7(11)6-8(9)10;;/h3-4,6H,2,5H2,1H3;2*1H2. The lowest BCUT2D eigenvalue weighted by atomic mass is 9.95. The van der Waals surface area contributed by atoms with E-state index in [0.717, 1.165) is 6.42 Å². The van der Waals surface area contributed by atoms with Crippen LogP contribution in [0.3, 0.4) is 0 Å². The molecule has 5 heteroatoms. The van der Waals surface area contributed by atoms with E-state index in [-0.39, 0.29) is 16.8 Å². The molecule has 0 bridgehead atoms. The molecule has 0 aliphatic heterocycles. The van der Waals surface area contributed by atoms with E-state index in [2.05, 4.69) is 0 Å². The molecule has 2 radical (unpaired) electrons. The fourth-order valence-corrected chi connectivity index (χ4v) is 0.863. The normalized spacial score (nSPS) is 8.43. The lowest BCUT2D eigenvalue weighted by Crippen LogP contribution is -2.10. The van der Waals surface area contributed by atoms with Gasteiger partial charge in [-0.3, -0.25) is 0 Å². The van der Waals surface area contributed by atoms with Gasteiger partial charge >= 0.3 is 0 Å². The maximum Gasteiger partial charge on any atom is 0.122 e. The van der Waals surface area contributed by atoms with Gasteiger partial charge in [0, 0.05) is 0 Å². The molecule has 0 aromatic heterocycles. The zero-order valence-electron chi connectivity index (χ0n) is 8.01. The van der Waals surface area contributed by atoms with Crippen molar-refractivity contribution in [1.82, 2.24) is 0 Å². The molecule has 0 unspecified atom stereocenters. The number of benzene rings is 1. The maximum absolute atomic E-state index is 12.5. The third-order valence-electron chi connectivity index (χ3n) is 1.43. The molecule has 0 saturated carbocycles. The molecule has 14 heavy (non-hydrogen) atoms. The summed E-state index contributed by atoms with van der Waals surface area (Å²) in [6, 6.07) is 4.13. The Morgan fingerprint density at radius 2 is 2.00 bits per heavy atom. The van der Waals surface area contributed by atoms with Crippen LogP contribution < -0.4 is 10.2 Å². The smallest absolute Gasteiger partial charge is 0.122 e. The van der Waals surface area contributed by atoms with Crippen LogP contribution in [-0.4, -0.2) is 25.4 Å². The van der Waals surface area contributed by atoms with Gasteiger partial charge < -0.3 is 15.7 Å². The molecule has 0 atom stereocenters. The minimum atomic E-state index is -0.337. The van der Waals surface area contributed by atoms with Gasteiger partial charge in [0.15, 0.2) is 0 Å². The number of hydrogen-bond donors (Lipinski definition) is 0. The summed E-state index contributed by atoms with van der Waals surface area (Å²) < 4.78 is 17.8. The largest absolute Gasteiger partial charge is 0.494 e. The van der Waals surface area contributed by atoms with Crippen LogP contribution in [0.5, 0.6) is 5.75 Å². The number of hydrogen-bond acceptors (Lipinski definition) is 1. The molecule has 0 spiro atoms. The van der Waals surface area contributed by atoms with E-state index in [9.17, 15) is 4.39 Å². The van der Waals surface area contributed by atoms with Gasteiger partial charge in [-0.1, -0.05) is 12.4 Å². The highest BCUT2D eigenvalue weighted by Crippen LogP contribution is 2.07.